The summed E-state index contributed by atoms with van der Waals surface area (Å²) in [6.07, 6.45) is -1.39. The summed E-state index contributed by atoms with van der Waals surface area (Å²) in [6, 6.07) is 1.95. The number of hydrogen-bond acceptors (Lipinski definition) is 4. The highest BCUT2D eigenvalue weighted by molar-refractivity contribution is 6.04. The van der Waals surface area contributed by atoms with Gasteiger partial charge in [-0.1, -0.05) is 11.2 Å². The maximum atomic E-state index is 13.7. The molecule has 0 aliphatic carbocycles. The van der Waals surface area contributed by atoms with Crippen LogP contribution in [-0.2, 0) is 9.63 Å². The van der Waals surface area contributed by atoms with E-state index < -0.39 is 42.2 Å². The van der Waals surface area contributed by atoms with Crippen molar-refractivity contribution in [2.75, 3.05) is 13.1 Å². The molecular weight excluding hydrogens is 318 g/mol. The van der Waals surface area contributed by atoms with Gasteiger partial charge in [0.25, 0.3) is 11.8 Å². The Labute approximate surface area is 128 Å². The van der Waals surface area contributed by atoms with Gasteiger partial charge in [-0.2, -0.15) is 0 Å². The Balaban J connectivity index is 1.66. The van der Waals surface area contributed by atoms with Gasteiger partial charge < -0.3 is 15.5 Å². The van der Waals surface area contributed by atoms with E-state index >= 15 is 0 Å². The summed E-state index contributed by atoms with van der Waals surface area (Å²) in [7, 11) is 0. The Kier molecular flexibility index (Phi) is 3.97. The average molecular weight is 331 g/mol. The molecular formula is C14H13F4N3O2. The summed E-state index contributed by atoms with van der Waals surface area (Å²) < 4.78 is 54.3. The molecule has 0 aromatic heterocycles. The topological polar surface area (TPSA) is 62.7 Å². The van der Waals surface area contributed by atoms with Gasteiger partial charge >= 0.3 is 0 Å². The number of rotatable bonds is 3. The number of carbonyl (C=O) groups excluding carboxylic acids is 1. The first-order valence-corrected chi connectivity index (χ1v) is 6.94. The fourth-order valence-electron chi connectivity index (χ4n) is 2.52. The van der Waals surface area contributed by atoms with Crippen LogP contribution in [0.1, 0.15) is 12.0 Å². The van der Waals surface area contributed by atoms with E-state index in [9.17, 15) is 22.4 Å². The van der Waals surface area contributed by atoms with Crippen LogP contribution in [0.2, 0.25) is 0 Å². The van der Waals surface area contributed by atoms with Crippen molar-refractivity contribution < 1.29 is 27.2 Å². The van der Waals surface area contributed by atoms with Crippen molar-refractivity contribution >= 4 is 11.6 Å². The Bertz CT molecular complexity index is 645. The lowest BCUT2D eigenvalue weighted by Gasteiger charge is -2.20. The predicted molar refractivity (Wildman–Crippen MR) is 72.1 cm³/mol. The fraction of sp³-hybridized carbons (Fsp3) is 0.429. The second kappa shape index (κ2) is 5.80. The van der Waals surface area contributed by atoms with Gasteiger partial charge in [0, 0.05) is 13.0 Å². The number of alkyl halides is 2. The van der Waals surface area contributed by atoms with E-state index in [2.05, 4.69) is 15.8 Å². The number of amides is 1. The summed E-state index contributed by atoms with van der Waals surface area (Å²) in [5.41, 5.74) is -0.451. The molecule has 1 unspecified atom stereocenters. The van der Waals surface area contributed by atoms with E-state index in [1.54, 1.807) is 0 Å². The summed E-state index contributed by atoms with van der Waals surface area (Å²) >= 11 is 0. The van der Waals surface area contributed by atoms with Gasteiger partial charge in [0.2, 0.25) is 6.10 Å². The van der Waals surface area contributed by atoms with E-state index in [0.29, 0.717) is 0 Å². The van der Waals surface area contributed by atoms with Crippen molar-refractivity contribution in [3.05, 3.63) is 35.4 Å². The first-order chi connectivity index (χ1) is 10.9. The fourth-order valence-corrected chi connectivity index (χ4v) is 2.52. The van der Waals surface area contributed by atoms with E-state index in [1.165, 1.54) is 6.07 Å². The number of benzene rings is 1. The first kappa shape index (κ1) is 15.7. The van der Waals surface area contributed by atoms with Gasteiger partial charge in [0.05, 0.1) is 17.8 Å². The van der Waals surface area contributed by atoms with Crippen molar-refractivity contribution in [1.82, 2.24) is 10.6 Å². The highest BCUT2D eigenvalue weighted by atomic mass is 19.3. The molecule has 0 spiro atoms. The van der Waals surface area contributed by atoms with Crippen molar-refractivity contribution in [2.45, 2.75) is 24.5 Å². The van der Waals surface area contributed by atoms with Crippen LogP contribution in [-0.4, -0.2) is 42.8 Å². The number of hydrogen-bond donors (Lipinski definition) is 2. The molecule has 0 radical (unpaired) electrons. The molecule has 124 valence electrons. The molecule has 1 aromatic carbocycles. The van der Waals surface area contributed by atoms with Crippen molar-refractivity contribution in [1.29, 1.82) is 0 Å². The van der Waals surface area contributed by atoms with Gasteiger partial charge in [-0.3, -0.25) is 4.79 Å². The highest BCUT2D eigenvalue weighted by Crippen LogP contribution is 2.24. The minimum absolute atomic E-state index is 0.0683. The van der Waals surface area contributed by atoms with Crippen LogP contribution in [0, 0.1) is 11.6 Å². The van der Waals surface area contributed by atoms with Crippen molar-refractivity contribution in [2.24, 2.45) is 5.16 Å². The molecule has 2 heterocycles. The lowest BCUT2D eigenvalue weighted by atomic mass is 10.0. The van der Waals surface area contributed by atoms with Crippen LogP contribution in [0.15, 0.2) is 23.4 Å². The van der Waals surface area contributed by atoms with E-state index in [0.717, 1.165) is 12.1 Å². The van der Waals surface area contributed by atoms with Gasteiger partial charge in [-0.05, 0) is 12.1 Å². The summed E-state index contributed by atoms with van der Waals surface area (Å²) in [5, 5.41) is 8.16. The van der Waals surface area contributed by atoms with Gasteiger partial charge in [-0.15, -0.1) is 0 Å². The molecule has 5 nitrogen and oxygen atoms in total. The van der Waals surface area contributed by atoms with Crippen LogP contribution in [0.3, 0.4) is 0 Å². The third-order valence-corrected chi connectivity index (χ3v) is 3.75. The van der Waals surface area contributed by atoms with Crippen LogP contribution in [0.5, 0.6) is 0 Å². The highest BCUT2D eigenvalue weighted by Gasteiger charge is 2.46. The number of carbonyl (C=O) groups is 1. The van der Waals surface area contributed by atoms with E-state index in [-0.39, 0.29) is 24.2 Å². The minimum atomic E-state index is -3.06. The number of nitrogens with one attached hydrogen (secondary N) is 2. The Morgan fingerprint density at radius 1 is 1.35 bits per heavy atom. The maximum Gasteiger partial charge on any atom is 0.281 e. The van der Waals surface area contributed by atoms with E-state index in [4.69, 9.17) is 4.84 Å². The second-order valence-corrected chi connectivity index (χ2v) is 5.39. The second-order valence-electron chi connectivity index (χ2n) is 5.39. The lowest BCUT2D eigenvalue weighted by Crippen LogP contribution is -2.50. The van der Waals surface area contributed by atoms with Crippen LogP contribution in [0.25, 0.3) is 0 Å². The predicted octanol–water partition coefficient (Wildman–Crippen LogP) is 1.18. The zero-order valence-corrected chi connectivity index (χ0v) is 11.8. The maximum absolute atomic E-state index is 13.7. The third kappa shape index (κ3) is 3.00. The zero-order chi connectivity index (χ0) is 16.6. The Morgan fingerprint density at radius 2 is 2.04 bits per heavy atom. The number of nitrogens with zero attached hydrogens (tertiary/aromatic N) is 1. The zero-order valence-electron chi connectivity index (χ0n) is 11.8. The molecule has 2 atom stereocenters. The molecule has 9 heteroatoms. The quantitative estimate of drug-likeness (QED) is 0.818. The largest absolute Gasteiger partial charge is 0.382 e. The number of oxime groups is 1. The molecule has 1 amide bonds. The van der Waals surface area contributed by atoms with Gasteiger partial charge in [0.15, 0.2) is 0 Å². The normalized spacial score (nSPS) is 25.8. The first-order valence-electron chi connectivity index (χ1n) is 6.94. The standard InChI is InChI=1S/C14H13F4N3O2/c15-7-2-1-3-8(16)12(7)9-4-10(23-21-9)13(22)20-11-5-19-6-14(11,17)18/h1-3,10-11,19H,4-6H2,(H,20,22)/t10?,11-/m1/s1. The SMILES string of the molecule is O=C(N[C@@H]1CNCC1(F)F)C1CC(c2c(F)cccc2F)=NO1. The monoisotopic (exact) mass is 331 g/mol. The summed E-state index contributed by atoms with van der Waals surface area (Å²) in [4.78, 5) is 16.8. The molecule has 2 N–H and O–H groups in total. The van der Waals surface area contributed by atoms with Crippen LogP contribution >= 0.6 is 0 Å². The smallest absolute Gasteiger partial charge is 0.281 e. The van der Waals surface area contributed by atoms with E-state index in [1.807, 2.05) is 0 Å². The molecule has 0 bridgehead atoms. The molecule has 23 heavy (non-hydrogen) atoms. The van der Waals surface area contributed by atoms with Crippen molar-refractivity contribution in [3.63, 3.8) is 0 Å². The Morgan fingerprint density at radius 3 is 2.65 bits per heavy atom. The molecule has 2 aliphatic heterocycles. The van der Waals surface area contributed by atoms with Crippen LogP contribution < -0.4 is 10.6 Å². The molecule has 1 fully saturated rings. The molecule has 1 saturated heterocycles. The van der Waals surface area contributed by atoms with Crippen LogP contribution in [0.4, 0.5) is 17.6 Å². The summed E-state index contributed by atoms with van der Waals surface area (Å²) in [5.74, 6) is -5.52. The third-order valence-electron chi connectivity index (χ3n) is 3.75. The van der Waals surface area contributed by atoms with Gasteiger partial charge in [0.1, 0.15) is 17.7 Å². The average Bonchev–Trinajstić information content (AvgIpc) is 3.06. The van der Waals surface area contributed by atoms with Gasteiger partial charge in [-0.25, -0.2) is 17.6 Å². The molecule has 1 aromatic rings. The minimum Gasteiger partial charge on any atom is -0.382 e. The number of halogens is 4. The molecule has 2 aliphatic rings. The molecule has 3 rings (SSSR count). The van der Waals surface area contributed by atoms with Crippen molar-refractivity contribution in [3.8, 4) is 0 Å². The Hall–Kier alpha value is -2.16. The summed E-state index contributed by atoms with van der Waals surface area (Å²) in [6.45, 7) is -0.591. The molecule has 0 saturated carbocycles. The lowest BCUT2D eigenvalue weighted by molar-refractivity contribution is -0.134.